The zero-order valence-corrected chi connectivity index (χ0v) is 13.9. The van der Waals surface area contributed by atoms with E-state index >= 15 is 0 Å². The number of fused-ring (bicyclic) bond motifs is 3. The number of aryl methyl sites for hydroxylation is 2. The summed E-state index contributed by atoms with van der Waals surface area (Å²) < 4.78 is 14.6. The standard InChI is InChI=1S/C17H19ClFN3O/c1-8-9(2)21-15(12-7-20-16(18)14(19)13(8)12)17(23)5-10-3-4-11(6-17)22-10/h7,10-11,22-23H,3-6H2,1-2H3. The Balaban J connectivity index is 1.97. The number of halogens is 2. The van der Waals surface area contributed by atoms with Crippen LogP contribution in [0.15, 0.2) is 6.20 Å². The molecule has 2 aliphatic rings. The summed E-state index contributed by atoms with van der Waals surface area (Å²) in [4.78, 5) is 8.58. The van der Waals surface area contributed by atoms with Crippen LogP contribution in [-0.4, -0.2) is 27.2 Å². The van der Waals surface area contributed by atoms with Gasteiger partial charge in [0.2, 0.25) is 0 Å². The van der Waals surface area contributed by atoms with Gasteiger partial charge in [0.25, 0.3) is 0 Å². The summed E-state index contributed by atoms with van der Waals surface area (Å²) in [6, 6.07) is 0.588. The Hall–Kier alpha value is -1.30. The second-order valence-electron chi connectivity index (χ2n) is 6.90. The normalized spacial score (nSPS) is 30.1. The average Bonchev–Trinajstić information content (AvgIpc) is 2.85. The van der Waals surface area contributed by atoms with Crippen molar-refractivity contribution >= 4 is 22.4 Å². The van der Waals surface area contributed by atoms with Crippen molar-refractivity contribution in [2.24, 2.45) is 0 Å². The van der Waals surface area contributed by atoms with Gasteiger partial charge in [0, 0.05) is 34.7 Å². The first-order valence-electron chi connectivity index (χ1n) is 7.99. The van der Waals surface area contributed by atoms with Crippen LogP contribution in [-0.2, 0) is 5.60 Å². The van der Waals surface area contributed by atoms with Crippen molar-refractivity contribution in [3.8, 4) is 0 Å². The minimum Gasteiger partial charge on any atom is -0.383 e. The molecule has 23 heavy (non-hydrogen) atoms. The number of rotatable bonds is 1. The van der Waals surface area contributed by atoms with Crippen molar-refractivity contribution in [1.82, 2.24) is 15.3 Å². The van der Waals surface area contributed by atoms with Gasteiger partial charge in [-0.2, -0.15) is 0 Å². The van der Waals surface area contributed by atoms with Crippen molar-refractivity contribution in [2.75, 3.05) is 0 Å². The molecule has 0 saturated carbocycles. The average molecular weight is 336 g/mol. The molecule has 4 heterocycles. The summed E-state index contributed by atoms with van der Waals surface area (Å²) in [6.07, 6.45) is 4.86. The number of nitrogens with one attached hydrogen (secondary N) is 1. The zero-order valence-electron chi connectivity index (χ0n) is 13.2. The Morgan fingerprint density at radius 2 is 1.96 bits per heavy atom. The Bertz CT molecular complexity index is 790. The second kappa shape index (κ2) is 5.10. The molecule has 4 nitrogen and oxygen atoms in total. The highest BCUT2D eigenvalue weighted by Crippen LogP contribution is 2.43. The van der Waals surface area contributed by atoms with Gasteiger partial charge in [0.15, 0.2) is 11.0 Å². The molecule has 2 saturated heterocycles. The van der Waals surface area contributed by atoms with Crippen molar-refractivity contribution < 1.29 is 9.50 Å². The van der Waals surface area contributed by atoms with E-state index in [2.05, 4.69) is 15.3 Å². The van der Waals surface area contributed by atoms with Gasteiger partial charge in [-0.05, 0) is 45.1 Å². The van der Waals surface area contributed by atoms with E-state index in [1.54, 1.807) is 0 Å². The highest BCUT2D eigenvalue weighted by Gasteiger charge is 2.45. The Labute approximate surface area is 139 Å². The molecule has 122 valence electrons. The van der Waals surface area contributed by atoms with Crippen molar-refractivity contribution in [1.29, 1.82) is 0 Å². The third-order valence-electron chi connectivity index (χ3n) is 5.37. The largest absolute Gasteiger partial charge is 0.383 e. The predicted octanol–water partition coefficient (Wildman–Crippen LogP) is 3.14. The zero-order chi connectivity index (χ0) is 16.4. The molecule has 2 aromatic heterocycles. The summed E-state index contributed by atoms with van der Waals surface area (Å²) in [5.74, 6) is -0.533. The van der Waals surface area contributed by atoms with Gasteiger partial charge in [-0.25, -0.2) is 9.37 Å². The highest BCUT2D eigenvalue weighted by molar-refractivity contribution is 6.30. The third kappa shape index (κ3) is 2.25. The van der Waals surface area contributed by atoms with Crippen LogP contribution < -0.4 is 5.32 Å². The van der Waals surface area contributed by atoms with Crippen LogP contribution in [0.5, 0.6) is 0 Å². The first-order chi connectivity index (χ1) is 10.9. The quantitative estimate of drug-likeness (QED) is 0.786. The van der Waals surface area contributed by atoms with Crippen LogP contribution in [0.2, 0.25) is 5.15 Å². The van der Waals surface area contributed by atoms with Gasteiger partial charge < -0.3 is 10.4 Å². The maximum Gasteiger partial charge on any atom is 0.168 e. The van der Waals surface area contributed by atoms with Crippen LogP contribution in [0.1, 0.15) is 42.6 Å². The molecule has 2 unspecified atom stereocenters. The van der Waals surface area contributed by atoms with Gasteiger partial charge >= 0.3 is 0 Å². The summed E-state index contributed by atoms with van der Waals surface area (Å²) >= 11 is 5.86. The fraction of sp³-hybridized carbons (Fsp3) is 0.529. The first kappa shape index (κ1) is 15.2. The maximum atomic E-state index is 14.6. The smallest absolute Gasteiger partial charge is 0.168 e. The van der Waals surface area contributed by atoms with Crippen LogP contribution in [0, 0.1) is 19.7 Å². The van der Waals surface area contributed by atoms with E-state index in [4.69, 9.17) is 11.6 Å². The molecule has 0 spiro atoms. The SMILES string of the molecule is Cc1nc(C2(O)CC3CCC(C2)N3)c2cnc(Cl)c(F)c2c1C. The van der Waals surface area contributed by atoms with E-state index in [0.29, 0.717) is 47.1 Å². The van der Waals surface area contributed by atoms with Crippen LogP contribution in [0.25, 0.3) is 10.8 Å². The molecule has 2 N–H and O–H groups in total. The maximum absolute atomic E-state index is 14.6. The molecule has 2 aromatic rings. The van der Waals surface area contributed by atoms with Crippen molar-refractivity contribution in [2.45, 2.75) is 57.2 Å². The predicted molar refractivity (Wildman–Crippen MR) is 87.1 cm³/mol. The summed E-state index contributed by atoms with van der Waals surface area (Å²) in [7, 11) is 0. The van der Waals surface area contributed by atoms with E-state index in [1.807, 2.05) is 13.8 Å². The molecule has 2 aliphatic heterocycles. The molecule has 0 radical (unpaired) electrons. The fourth-order valence-electron chi connectivity index (χ4n) is 4.17. The van der Waals surface area contributed by atoms with E-state index in [1.165, 1.54) is 6.20 Å². The molecular weight excluding hydrogens is 317 g/mol. The molecule has 6 heteroatoms. The Morgan fingerprint density at radius 3 is 2.61 bits per heavy atom. The minimum absolute atomic E-state index is 0.144. The lowest BCUT2D eigenvalue weighted by Crippen LogP contribution is -2.47. The minimum atomic E-state index is -1.05. The van der Waals surface area contributed by atoms with Crippen LogP contribution >= 0.6 is 11.6 Å². The van der Waals surface area contributed by atoms with Crippen molar-refractivity contribution in [3.63, 3.8) is 0 Å². The van der Waals surface area contributed by atoms with E-state index in [0.717, 1.165) is 18.4 Å². The molecular formula is C17H19ClFN3O. The second-order valence-corrected chi connectivity index (χ2v) is 7.26. The lowest BCUT2D eigenvalue weighted by molar-refractivity contribution is -0.0139. The summed E-state index contributed by atoms with van der Waals surface area (Å²) in [5.41, 5.74) is 0.950. The highest BCUT2D eigenvalue weighted by atomic mass is 35.5. The number of piperidine rings is 1. The molecule has 4 rings (SSSR count). The molecule has 0 amide bonds. The number of aliphatic hydroxyl groups is 1. The molecule has 0 aliphatic carbocycles. The summed E-state index contributed by atoms with van der Waals surface area (Å²) in [5, 5.41) is 15.7. The summed E-state index contributed by atoms with van der Waals surface area (Å²) in [6.45, 7) is 3.66. The van der Waals surface area contributed by atoms with E-state index in [-0.39, 0.29) is 5.15 Å². The van der Waals surface area contributed by atoms with Gasteiger partial charge in [0.05, 0.1) is 5.69 Å². The lowest BCUT2D eigenvalue weighted by Gasteiger charge is -2.37. The Morgan fingerprint density at radius 1 is 1.30 bits per heavy atom. The monoisotopic (exact) mass is 335 g/mol. The number of nitrogens with zero attached hydrogens (tertiary/aromatic N) is 2. The molecule has 0 aromatic carbocycles. The number of aromatic nitrogens is 2. The molecule has 2 fully saturated rings. The molecule has 2 bridgehead atoms. The van der Waals surface area contributed by atoms with E-state index < -0.39 is 11.4 Å². The number of hydrogen-bond donors (Lipinski definition) is 2. The first-order valence-corrected chi connectivity index (χ1v) is 8.36. The Kier molecular flexibility index (Phi) is 3.38. The topological polar surface area (TPSA) is 58.0 Å². The molecule has 2 atom stereocenters. The van der Waals surface area contributed by atoms with E-state index in [9.17, 15) is 9.50 Å². The fourth-order valence-corrected chi connectivity index (χ4v) is 4.32. The van der Waals surface area contributed by atoms with Gasteiger partial charge in [-0.1, -0.05) is 11.6 Å². The van der Waals surface area contributed by atoms with Gasteiger partial charge in [-0.3, -0.25) is 4.98 Å². The van der Waals surface area contributed by atoms with Gasteiger partial charge in [0.1, 0.15) is 5.60 Å². The number of pyridine rings is 2. The van der Waals surface area contributed by atoms with Crippen LogP contribution in [0.3, 0.4) is 0 Å². The van der Waals surface area contributed by atoms with Gasteiger partial charge in [-0.15, -0.1) is 0 Å². The number of hydrogen-bond acceptors (Lipinski definition) is 4. The lowest BCUT2D eigenvalue weighted by atomic mass is 9.82. The van der Waals surface area contributed by atoms with Crippen LogP contribution in [0.4, 0.5) is 4.39 Å². The van der Waals surface area contributed by atoms with Crippen molar-refractivity contribution in [3.05, 3.63) is 34.1 Å². The third-order valence-corrected chi connectivity index (χ3v) is 5.64.